The summed E-state index contributed by atoms with van der Waals surface area (Å²) in [5.74, 6) is 0.920. The van der Waals surface area contributed by atoms with E-state index in [4.69, 9.17) is 0 Å². The van der Waals surface area contributed by atoms with Crippen molar-refractivity contribution in [2.24, 2.45) is 5.92 Å². The van der Waals surface area contributed by atoms with Crippen molar-refractivity contribution in [2.45, 2.75) is 32.2 Å². The van der Waals surface area contributed by atoms with Crippen molar-refractivity contribution in [1.82, 2.24) is 24.8 Å². The van der Waals surface area contributed by atoms with Gasteiger partial charge in [0.2, 0.25) is 0 Å². The number of aromatic amines is 1. The molecule has 0 aromatic carbocycles. The lowest BCUT2D eigenvalue weighted by Gasteiger charge is -2.43. The van der Waals surface area contributed by atoms with E-state index in [-0.39, 0.29) is 31.0 Å². The Balaban J connectivity index is 1.61. The Bertz CT molecular complexity index is 887. The highest BCUT2D eigenvalue weighted by atomic mass is 16.3. The molecule has 28 heavy (non-hydrogen) atoms. The number of piperidine rings is 1. The maximum Gasteiger partial charge on any atom is 0.327 e. The smallest absolute Gasteiger partial charge is 0.327 e. The minimum absolute atomic E-state index is 0.0492. The second-order valence-corrected chi connectivity index (χ2v) is 7.92. The lowest BCUT2D eigenvalue weighted by atomic mass is 9.85. The third kappa shape index (κ3) is 2.81. The number of hydrogen-bond donors (Lipinski definition) is 2. The van der Waals surface area contributed by atoms with Crippen LogP contribution >= 0.6 is 0 Å². The van der Waals surface area contributed by atoms with Crippen molar-refractivity contribution in [3.05, 3.63) is 18.6 Å². The van der Waals surface area contributed by atoms with Crippen LogP contribution in [0.5, 0.6) is 0 Å². The van der Waals surface area contributed by atoms with Crippen LogP contribution in [-0.2, 0) is 4.79 Å². The van der Waals surface area contributed by atoms with Gasteiger partial charge in [0.1, 0.15) is 23.3 Å². The van der Waals surface area contributed by atoms with E-state index in [1.807, 2.05) is 26.1 Å². The SMILES string of the molecule is CC(C)CN1C(=O)N(CCO)C(=O)C12CCN(c1ncnc3[nH]ccc13)CC2. The van der Waals surface area contributed by atoms with E-state index in [0.29, 0.717) is 32.5 Å². The molecule has 2 N–H and O–H groups in total. The van der Waals surface area contributed by atoms with E-state index in [1.54, 1.807) is 4.90 Å². The Morgan fingerprint density at radius 2 is 2.00 bits per heavy atom. The highest BCUT2D eigenvalue weighted by molar-refractivity contribution is 6.07. The molecule has 150 valence electrons. The zero-order valence-corrected chi connectivity index (χ0v) is 16.3. The number of aromatic nitrogens is 3. The summed E-state index contributed by atoms with van der Waals surface area (Å²) in [6, 6.07) is 1.67. The van der Waals surface area contributed by atoms with Crippen molar-refractivity contribution in [2.75, 3.05) is 37.7 Å². The molecule has 2 aromatic heterocycles. The molecule has 0 radical (unpaired) electrons. The van der Waals surface area contributed by atoms with E-state index in [0.717, 1.165) is 16.9 Å². The van der Waals surface area contributed by atoms with Crippen LogP contribution in [0, 0.1) is 5.92 Å². The van der Waals surface area contributed by atoms with E-state index < -0.39 is 5.54 Å². The Kier molecular flexibility index (Phi) is 4.70. The third-order valence-electron chi connectivity index (χ3n) is 5.72. The summed E-state index contributed by atoms with van der Waals surface area (Å²) in [4.78, 5) is 43.0. The van der Waals surface area contributed by atoms with Gasteiger partial charge in [-0.3, -0.25) is 9.69 Å². The van der Waals surface area contributed by atoms with Gasteiger partial charge in [0, 0.05) is 25.8 Å². The molecule has 3 amide bonds. The van der Waals surface area contributed by atoms with Gasteiger partial charge >= 0.3 is 6.03 Å². The molecule has 9 heteroatoms. The van der Waals surface area contributed by atoms with Gasteiger partial charge in [0.15, 0.2) is 0 Å². The number of H-pyrrole nitrogens is 1. The fourth-order valence-electron chi connectivity index (χ4n) is 4.38. The van der Waals surface area contributed by atoms with Gasteiger partial charge in [-0.1, -0.05) is 13.8 Å². The average Bonchev–Trinajstić information content (AvgIpc) is 3.23. The Hall–Kier alpha value is -2.68. The number of fused-ring (bicyclic) bond motifs is 1. The van der Waals surface area contributed by atoms with Crippen molar-refractivity contribution >= 4 is 28.8 Å². The minimum Gasteiger partial charge on any atom is -0.395 e. The van der Waals surface area contributed by atoms with Crippen LogP contribution in [0.15, 0.2) is 18.6 Å². The normalized spacial score (nSPS) is 19.6. The number of hydrogen-bond acceptors (Lipinski definition) is 6. The summed E-state index contributed by atoms with van der Waals surface area (Å²) in [5.41, 5.74) is -0.0370. The second kappa shape index (κ2) is 7.05. The maximum absolute atomic E-state index is 13.2. The molecule has 0 saturated carbocycles. The Morgan fingerprint density at radius 1 is 1.25 bits per heavy atom. The largest absolute Gasteiger partial charge is 0.395 e. The van der Waals surface area contributed by atoms with Gasteiger partial charge in [0.25, 0.3) is 5.91 Å². The van der Waals surface area contributed by atoms with Crippen LogP contribution in [0.25, 0.3) is 11.0 Å². The number of nitrogens with one attached hydrogen (secondary N) is 1. The van der Waals surface area contributed by atoms with Gasteiger partial charge < -0.3 is 19.9 Å². The molecular weight excluding hydrogens is 360 g/mol. The maximum atomic E-state index is 13.2. The molecule has 2 saturated heterocycles. The van der Waals surface area contributed by atoms with Crippen LogP contribution in [0.3, 0.4) is 0 Å². The summed E-state index contributed by atoms with van der Waals surface area (Å²) in [6.45, 7) is 5.69. The number of anilines is 1. The van der Waals surface area contributed by atoms with Crippen molar-refractivity contribution in [3.63, 3.8) is 0 Å². The number of β-amino-alcohol motifs (C(OH)–C–C–N with tert-alkyl or cyclic N) is 1. The monoisotopic (exact) mass is 386 g/mol. The predicted octanol–water partition coefficient (Wildman–Crippen LogP) is 1.21. The van der Waals surface area contributed by atoms with Gasteiger partial charge in [-0.15, -0.1) is 0 Å². The first kappa shape index (κ1) is 18.7. The van der Waals surface area contributed by atoms with Crippen molar-refractivity contribution in [3.8, 4) is 0 Å². The van der Waals surface area contributed by atoms with Gasteiger partial charge in [-0.05, 0) is 24.8 Å². The molecule has 4 rings (SSSR count). The number of amides is 3. The van der Waals surface area contributed by atoms with Gasteiger partial charge in [-0.2, -0.15) is 0 Å². The summed E-state index contributed by atoms with van der Waals surface area (Å²) < 4.78 is 0. The van der Waals surface area contributed by atoms with E-state index in [2.05, 4.69) is 19.9 Å². The Morgan fingerprint density at radius 3 is 2.68 bits per heavy atom. The molecule has 0 unspecified atom stereocenters. The number of nitrogens with zero attached hydrogens (tertiary/aromatic N) is 5. The lowest BCUT2D eigenvalue weighted by Crippen LogP contribution is -2.57. The first-order valence-electron chi connectivity index (χ1n) is 9.75. The summed E-state index contributed by atoms with van der Waals surface area (Å²) in [7, 11) is 0. The summed E-state index contributed by atoms with van der Waals surface area (Å²) >= 11 is 0. The first-order chi connectivity index (χ1) is 13.5. The van der Waals surface area contributed by atoms with Crippen LogP contribution in [0.2, 0.25) is 0 Å². The summed E-state index contributed by atoms with van der Waals surface area (Å²) in [5, 5.41) is 10.3. The number of aliphatic hydroxyl groups is 1. The standard InChI is InChI=1S/C19H26N6O3/c1-13(2)11-25-18(28)24(9-10-26)17(27)19(25)4-7-23(8-5-19)16-14-3-6-20-15(14)21-12-22-16/h3,6,12-13,26H,4-5,7-11H2,1-2H3,(H,20,21,22). The molecular formula is C19H26N6O3. The molecule has 4 heterocycles. The number of carbonyl (C=O) groups excluding carboxylic acids is 2. The number of rotatable bonds is 5. The van der Waals surface area contributed by atoms with E-state index in [9.17, 15) is 14.7 Å². The molecule has 1 spiro atoms. The molecule has 2 aliphatic rings. The number of aliphatic hydroxyl groups excluding tert-OH is 1. The quantitative estimate of drug-likeness (QED) is 0.749. The van der Waals surface area contributed by atoms with E-state index >= 15 is 0 Å². The van der Waals surface area contributed by atoms with Crippen LogP contribution < -0.4 is 4.90 Å². The fourth-order valence-corrected chi connectivity index (χ4v) is 4.38. The molecule has 0 atom stereocenters. The van der Waals surface area contributed by atoms with Crippen LogP contribution in [-0.4, -0.2) is 80.1 Å². The predicted molar refractivity (Wildman–Crippen MR) is 104 cm³/mol. The molecule has 9 nitrogen and oxygen atoms in total. The van der Waals surface area contributed by atoms with Crippen molar-refractivity contribution < 1.29 is 14.7 Å². The molecule has 0 aliphatic carbocycles. The first-order valence-corrected chi connectivity index (χ1v) is 9.75. The number of carbonyl (C=O) groups is 2. The fraction of sp³-hybridized carbons (Fsp3) is 0.579. The zero-order chi connectivity index (χ0) is 19.9. The number of imide groups is 1. The second-order valence-electron chi connectivity index (χ2n) is 7.92. The van der Waals surface area contributed by atoms with E-state index in [1.165, 1.54) is 11.2 Å². The molecule has 2 fully saturated rings. The summed E-state index contributed by atoms with van der Waals surface area (Å²) in [6.07, 6.45) is 4.46. The van der Waals surface area contributed by atoms with Gasteiger partial charge in [0.05, 0.1) is 18.5 Å². The zero-order valence-electron chi connectivity index (χ0n) is 16.3. The highest BCUT2D eigenvalue weighted by Gasteiger charge is 2.57. The lowest BCUT2D eigenvalue weighted by molar-refractivity contribution is -0.134. The molecule has 2 aromatic rings. The third-order valence-corrected chi connectivity index (χ3v) is 5.72. The minimum atomic E-state index is -0.822. The number of urea groups is 1. The van der Waals surface area contributed by atoms with Crippen LogP contribution in [0.1, 0.15) is 26.7 Å². The van der Waals surface area contributed by atoms with Crippen LogP contribution in [0.4, 0.5) is 10.6 Å². The van der Waals surface area contributed by atoms with Gasteiger partial charge in [-0.25, -0.2) is 14.8 Å². The molecule has 0 bridgehead atoms. The van der Waals surface area contributed by atoms with Crippen molar-refractivity contribution in [1.29, 1.82) is 0 Å². The average molecular weight is 386 g/mol. The highest BCUT2D eigenvalue weighted by Crippen LogP contribution is 2.39. The Labute approximate surface area is 163 Å². The molecule has 2 aliphatic heterocycles. The topological polar surface area (TPSA) is 106 Å².